The molecule has 0 aliphatic carbocycles. The molecule has 0 aliphatic heterocycles. The van der Waals surface area contributed by atoms with Crippen LogP contribution in [-0.4, -0.2) is 51.4 Å². The predicted molar refractivity (Wildman–Crippen MR) is 48.8 cm³/mol. The molecule has 0 aromatic rings. The molecule has 76 valence electrons. The van der Waals surface area contributed by atoms with Crippen molar-refractivity contribution in [2.24, 2.45) is 0 Å². The summed E-state index contributed by atoms with van der Waals surface area (Å²) in [5.41, 5.74) is 0. The molecule has 0 spiro atoms. The van der Waals surface area contributed by atoms with Crippen molar-refractivity contribution in [1.29, 1.82) is 0 Å². The van der Waals surface area contributed by atoms with Gasteiger partial charge in [-0.25, -0.2) is 8.42 Å². The minimum atomic E-state index is -3.92. The van der Waals surface area contributed by atoms with E-state index in [4.69, 9.17) is 0 Å². The Labute approximate surface area is 75.5 Å². The highest BCUT2D eigenvalue weighted by Gasteiger charge is 1.88. The van der Waals surface area contributed by atoms with Crippen LogP contribution in [0.15, 0.2) is 0 Å². The number of hydrogen-bond donors (Lipinski definition) is 0. The summed E-state index contributed by atoms with van der Waals surface area (Å²) in [6, 6.07) is 0. The van der Waals surface area contributed by atoms with Gasteiger partial charge in [-0.3, -0.25) is 0 Å². The second kappa shape index (κ2) is 5.50. The molecule has 0 N–H and O–H groups in total. The molecule has 12 heavy (non-hydrogen) atoms. The van der Waals surface area contributed by atoms with E-state index in [1.165, 1.54) is 0 Å². The first-order valence-electron chi connectivity index (χ1n) is 3.78. The molecule has 0 unspecified atom stereocenters. The van der Waals surface area contributed by atoms with Crippen molar-refractivity contribution in [2.75, 3.05) is 33.9 Å². The lowest BCUT2D eigenvalue weighted by atomic mass is 10.6. The highest BCUT2D eigenvalue weighted by Crippen LogP contribution is 1.83. The molecule has 0 aromatic carbocycles. The average molecular weight is 197 g/mol. The summed E-state index contributed by atoms with van der Waals surface area (Å²) < 4.78 is 30.0. The third-order valence-electron chi connectivity index (χ3n) is 0.454. The Morgan fingerprint density at radius 1 is 1.17 bits per heavy atom. The zero-order chi connectivity index (χ0) is 10.4. The highest BCUT2D eigenvalue weighted by atomic mass is 32.2. The topological polar surface area (TPSA) is 57.2 Å². The largest absolute Gasteiger partial charge is 0.748 e. The molecular weight excluding hydrogens is 178 g/mol. The second-order valence-corrected chi connectivity index (χ2v) is 5.47. The van der Waals surface area contributed by atoms with E-state index in [9.17, 15) is 13.0 Å². The van der Waals surface area contributed by atoms with Crippen molar-refractivity contribution in [2.45, 2.75) is 13.3 Å². The zero-order valence-electron chi connectivity index (χ0n) is 8.49. The van der Waals surface area contributed by atoms with E-state index < -0.39 is 10.1 Å². The van der Waals surface area contributed by atoms with E-state index in [0.717, 1.165) is 4.48 Å². The monoisotopic (exact) mass is 197 g/mol. The summed E-state index contributed by atoms with van der Waals surface area (Å²) in [5.74, 6) is -0.243. The van der Waals surface area contributed by atoms with Gasteiger partial charge < -0.3 is 9.04 Å². The Hall–Kier alpha value is -0.130. The Bertz CT molecular complexity index is 185. The Morgan fingerprint density at radius 3 is 1.42 bits per heavy atom. The lowest BCUT2D eigenvalue weighted by Crippen LogP contribution is -2.27. The van der Waals surface area contributed by atoms with E-state index in [1.807, 2.05) is 0 Å². The molecule has 5 heteroatoms. The third kappa shape index (κ3) is 51.8. The van der Waals surface area contributed by atoms with Crippen LogP contribution in [0.2, 0.25) is 0 Å². The van der Waals surface area contributed by atoms with Crippen molar-refractivity contribution in [3.8, 4) is 0 Å². The molecule has 4 nitrogen and oxygen atoms in total. The zero-order valence-corrected chi connectivity index (χ0v) is 9.31. The van der Waals surface area contributed by atoms with Gasteiger partial charge >= 0.3 is 0 Å². The van der Waals surface area contributed by atoms with Crippen LogP contribution in [0.25, 0.3) is 0 Å². The maximum absolute atomic E-state index is 9.68. The summed E-state index contributed by atoms with van der Waals surface area (Å²) in [6.45, 7) is 1.65. The maximum atomic E-state index is 9.68. The van der Waals surface area contributed by atoms with Gasteiger partial charge in [-0.15, -0.1) is 0 Å². The Morgan fingerprint density at radius 2 is 1.42 bits per heavy atom. The average Bonchev–Trinajstić information content (AvgIpc) is 1.54. The predicted octanol–water partition coefficient (Wildman–Crippen LogP) is 0.264. The number of nitrogens with zero attached hydrogens (tertiary/aromatic N) is 1. The lowest BCUT2D eigenvalue weighted by molar-refractivity contribution is -0.849. The van der Waals surface area contributed by atoms with Crippen LogP contribution >= 0.6 is 0 Å². The standard InChI is InChI=1S/C4H12N.C3H8O3S/c1-5(2,3)4;1-2-3-7(4,5)6/h1-4H3;2-3H2,1H3,(H,4,5,6)/q+1;/p-1. The second-order valence-electron chi connectivity index (χ2n) is 3.95. The molecule has 0 rings (SSSR count). The smallest absolute Gasteiger partial charge is 0.0945 e. The lowest BCUT2D eigenvalue weighted by Gasteiger charge is -2.14. The molecule has 0 fully saturated rings. The minimum Gasteiger partial charge on any atom is -0.748 e. The fourth-order valence-corrected chi connectivity index (χ4v) is 0.750. The minimum absolute atomic E-state index is 0.243. The van der Waals surface area contributed by atoms with Crippen LogP contribution in [0.4, 0.5) is 0 Å². The van der Waals surface area contributed by atoms with Crippen molar-refractivity contribution < 1.29 is 17.5 Å². The van der Waals surface area contributed by atoms with Gasteiger partial charge in [0.25, 0.3) is 0 Å². The summed E-state index contributed by atoms with van der Waals surface area (Å²) in [5, 5.41) is 0. The first-order valence-corrected chi connectivity index (χ1v) is 5.36. The van der Waals surface area contributed by atoms with Gasteiger partial charge in [-0.05, 0) is 6.42 Å². The SMILES string of the molecule is CCCS(=O)(=O)[O-].C[N+](C)(C)C. The first kappa shape index (κ1) is 14.4. The number of quaternary nitrogens is 1. The van der Waals surface area contributed by atoms with E-state index in [-0.39, 0.29) is 5.75 Å². The Kier molecular flexibility index (Phi) is 6.60. The van der Waals surface area contributed by atoms with E-state index >= 15 is 0 Å². The molecule has 0 saturated heterocycles. The molecule has 0 saturated carbocycles. The molecule has 0 amide bonds. The molecule has 0 aromatic heterocycles. The third-order valence-corrected chi connectivity index (χ3v) is 1.36. The van der Waals surface area contributed by atoms with Crippen molar-refractivity contribution >= 4 is 10.1 Å². The van der Waals surface area contributed by atoms with Crippen LogP contribution in [0.1, 0.15) is 13.3 Å². The van der Waals surface area contributed by atoms with Crippen molar-refractivity contribution in [3.05, 3.63) is 0 Å². The van der Waals surface area contributed by atoms with Crippen molar-refractivity contribution in [1.82, 2.24) is 0 Å². The summed E-state index contributed by atoms with van der Waals surface area (Å²) in [6.07, 6.45) is 0.409. The fourth-order valence-electron chi connectivity index (χ4n) is 0.250. The van der Waals surface area contributed by atoms with Gasteiger partial charge in [-0.2, -0.15) is 0 Å². The van der Waals surface area contributed by atoms with Crippen LogP contribution < -0.4 is 0 Å². The van der Waals surface area contributed by atoms with Crippen LogP contribution in [0, 0.1) is 0 Å². The van der Waals surface area contributed by atoms with E-state index in [1.54, 1.807) is 6.92 Å². The van der Waals surface area contributed by atoms with Crippen LogP contribution in [0.5, 0.6) is 0 Å². The summed E-state index contributed by atoms with van der Waals surface area (Å²) in [4.78, 5) is 0. The molecule has 0 heterocycles. The van der Waals surface area contributed by atoms with Gasteiger partial charge in [0.15, 0.2) is 0 Å². The van der Waals surface area contributed by atoms with E-state index in [2.05, 4.69) is 28.2 Å². The normalized spacial score (nSPS) is 11.8. The van der Waals surface area contributed by atoms with Gasteiger partial charge in [-0.1, -0.05) is 6.92 Å². The summed E-state index contributed by atoms with van der Waals surface area (Å²) in [7, 11) is 4.58. The van der Waals surface area contributed by atoms with Gasteiger partial charge in [0, 0.05) is 5.75 Å². The van der Waals surface area contributed by atoms with Crippen LogP contribution in [0.3, 0.4) is 0 Å². The van der Waals surface area contributed by atoms with Crippen LogP contribution in [-0.2, 0) is 10.1 Å². The van der Waals surface area contributed by atoms with E-state index in [0.29, 0.717) is 6.42 Å². The quantitative estimate of drug-likeness (QED) is 0.471. The molecule has 0 radical (unpaired) electrons. The first-order chi connectivity index (χ1) is 5.06. The molecule has 0 atom stereocenters. The molecule has 0 aliphatic rings. The van der Waals surface area contributed by atoms with Gasteiger partial charge in [0.1, 0.15) is 0 Å². The number of hydrogen-bond acceptors (Lipinski definition) is 3. The fraction of sp³-hybridized carbons (Fsp3) is 1.00. The maximum Gasteiger partial charge on any atom is 0.0945 e. The molecular formula is C7H19NO3S. The Balaban J connectivity index is 0. The summed E-state index contributed by atoms with van der Waals surface area (Å²) >= 11 is 0. The van der Waals surface area contributed by atoms with Gasteiger partial charge in [0.05, 0.1) is 38.3 Å². The number of rotatable bonds is 2. The van der Waals surface area contributed by atoms with Gasteiger partial charge in [0.2, 0.25) is 0 Å². The molecule has 0 bridgehead atoms. The highest BCUT2D eigenvalue weighted by molar-refractivity contribution is 7.85. The van der Waals surface area contributed by atoms with Crippen molar-refractivity contribution in [3.63, 3.8) is 0 Å².